The number of aromatic nitrogens is 1. The van der Waals surface area contributed by atoms with E-state index in [1.165, 1.54) is 16.7 Å². The maximum absolute atomic E-state index is 14.0. The summed E-state index contributed by atoms with van der Waals surface area (Å²) in [6.07, 6.45) is 0. The Labute approximate surface area is 249 Å². The third-order valence-electron chi connectivity index (χ3n) is 7.20. The predicted octanol–water partition coefficient (Wildman–Crippen LogP) is 4.52. The minimum atomic E-state index is -0.808. The molecule has 0 bridgehead atoms. The number of carbonyl (C=O) groups excluding carboxylic acids is 4. The second-order valence-electron chi connectivity index (χ2n) is 9.77. The number of hydrogen-bond acceptors (Lipinski definition) is 8. The standard InChI is InChI=1S/C31H25N3O6S2/c1-2-40-30(38)19-13-15-21(16-14-19)34-27(36)24-23(18-9-5-3-6-10-18)26-29(41-25(24)28(34)37)33(31(39)42-26)17-22(35)32-20-11-7-4-8-12-20/h3-16,23-25H,2,17H2,1H3,(H,32,35)/t23-,24?,25?/m1/s1. The molecular formula is C31H25N3O6S2. The molecule has 1 saturated heterocycles. The van der Waals surface area contributed by atoms with Crippen LogP contribution < -0.4 is 15.1 Å². The summed E-state index contributed by atoms with van der Waals surface area (Å²) in [5.41, 5.74) is 2.07. The number of nitrogens with zero attached hydrogens (tertiary/aromatic N) is 2. The van der Waals surface area contributed by atoms with Gasteiger partial charge in [0, 0.05) is 16.5 Å². The molecule has 1 N–H and O–H groups in total. The summed E-state index contributed by atoms with van der Waals surface area (Å²) in [6, 6.07) is 24.4. The quantitative estimate of drug-likeness (QED) is 0.245. The van der Waals surface area contributed by atoms with E-state index in [2.05, 4.69) is 5.32 Å². The van der Waals surface area contributed by atoms with Crippen LogP contribution in [0.3, 0.4) is 0 Å². The number of thioether (sulfide) groups is 1. The number of anilines is 2. The Morgan fingerprint density at radius 3 is 2.21 bits per heavy atom. The molecule has 3 atom stereocenters. The van der Waals surface area contributed by atoms with Gasteiger partial charge in [-0.15, -0.1) is 0 Å². The highest BCUT2D eigenvalue weighted by Gasteiger charge is 2.56. The summed E-state index contributed by atoms with van der Waals surface area (Å²) in [5, 5.41) is 2.51. The number of rotatable bonds is 7. The van der Waals surface area contributed by atoms with E-state index in [1.807, 2.05) is 36.4 Å². The van der Waals surface area contributed by atoms with E-state index in [-0.39, 0.29) is 29.8 Å². The monoisotopic (exact) mass is 599 g/mol. The Bertz CT molecular complexity index is 1730. The fourth-order valence-corrected chi connectivity index (χ4v) is 8.13. The van der Waals surface area contributed by atoms with Gasteiger partial charge in [0.1, 0.15) is 11.8 Å². The molecule has 212 valence electrons. The summed E-state index contributed by atoms with van der Waals surface area (Å²) in [7, 11) is 0. The van der Waals surface area contributed by atoms with Gasteiger partial charge < -0.3 is 10.1 Å². The predicted molar refractivity (Wildman–Crippen MR) is 160 cm³/mol. The molecule has 0 radical (unpaired) electrons. The molecule has 0 saturated carbocycles. The van der Waals surface area contributed by atoms with Gasteiger partial charge in [0.15, 0.2) is 0 Å². The average molecular weight is 600 g/mol. The number of esters is 1. The Balaban J connectivity index is 1.36. The molecule has 2 aliphatic rings. The Morgan fingerprint density at radius 1 is 0.881 bits per heavy atom. The lowest BCUT2D eigenvalue weighted by atomic mass is 9.83. The molecule has 3 aromatic carbocycles. The van der Waals surface area contributed by atoms with Gasteiger partial charge in [0.05, 0.1) is 28.8 Å². The van der Waals surface area contributed by atoms with E-state index < -0.39 is 29.0 Å². The van der Waals surface area contributed by atoms with Gasteiger partial charge in [0.2, 0.25) is 17.7 Å². The molecule has 6 rings (SSSR count). The maximum Gasteiger partial charge on any atom is 0.338 e. The molecule has 4 aromatic rings. The number of carbonyl (C=O) groups is 4. The van der Waals surface area contributed by atoms with Crippen molar-refractivity contribution in [3.8, 4) is 0 Å². The number of ether oxygens (including phenoxy) is 1. The number of para-hydroxylation sites is 1. The van der Waals surface area contributed by atoms with Crippen molar-refractivity contribution in [1.29, 1.82) is 0 Å². The number of benzene rings is 3. The largest absolute Gasteiger partial charge is 0.462 e. The molecular weight excluding hydrogens is 574 g/mol. The zero-order valence-corrected chi connectivity index (χ0v) is 24.0. The first-order chi connectivity index (χ1) is 20.4. The number of fused-ring (bicyclic) bond motifs is 2. The molecule has 2 aliphatic heterocycles. The van der Waals surface area contributed by atoms with Crippen LogP contribution in [-0.2, 0) is 25.7 Å². The lowest BCUT2D eigenvalue weighted by Gasteiger charge is -2.30. The molecule has 1 fully saturated rings. The van der Waals surface area contributed by atoms with Gasteiger partial charge in [-0.3, -0.25) is 23.7 Å². The van der Waals surface area contributed by atoms with Crippen LogP contribution in [0.5, 0.6) is 0 Å². The fourth-order valence-electron chi connectivity index (χ4n) is 5.36. The minimum absolute atomic E-state index is 0.230. The van der Waals surface area contributed by atoms with E-state index in [1.54, 1.807) is 43.3 Å². The highest BCUT2D eigenvalue weighted by molar-refractivity contribution is 8.00. The molecule has 9 nitrogen and oxygen atoms in total. The SMILES string of the molecule is CCOC(=O)c1ccc(N2C(=O)C3Sc4c(sc(=O)n4CC(=O)Nc4ccccc4)[C@H](c4ccccc4)C3C2=O)cc1. The second kappa shape index (κ2) is 11.4. The Hall–Kier alpha value is -4.48. The van der Waals surface area contributed by atoms with Crippen molar-refractivity contribution in [1.82, 2.24) is 4.57 Å². The van der Waals surface area contributed by atoms with Gasteiger partial charge in [-0.1, -0.05) is 71.6 Å². The van der Waals surface area contributed by atoms with Crippen LogP contribution >= 0.6 is 23.1 Å². The van der Waals surface area contributed by atoms with Crippen LogP contribution in [0, 0.1) is 5.92 Å². The van der Waals surface area contributed by atoms with Crippen molar-refractivity contribution in [2.24, 2.45) is 5.92 Å². The van der Waals surface area contributed by atoms with Gasteiger partial charge in [-0.25, -0.2) is 9.69 Å². The molecule has 1 aromatic heterocycles. The Morgan fingerprint density at radius 2 is 1.55 bits per heavy atom. The van der Waals surface area contributed by atoms with Crippen LogP contribution in [0.1, 0.15) is 33.6 Å². The molecule has 0 aliphatic carbocycles. The Kier molecular flexibility index (Phi) is 7.53. The van der Waals surface area contributed by atoms with E-state index in [9.17, 15) is 24.0 Å². The molecule has 2 unspecified atom stereocenters. The lowest BCUT2D eigenvalue weighted by Crippen LogP contribution is -2.33. The number of amides is 3. The smallest absolute Gasteiger partial charge is 0.338 e. The van der Waals surface area contributed by atoms with Crippen molar-refractivity contribution in [2.45, 2.75) is 29.7 Å². The molecule has 11 heteroatoms. The summed E-state index contributed by atoms with van der Waals surface area (Å²) < 4.78 is 6.43. The van der Waals surface area contributed by atoms with Crippen LogP contribution in [0.15, 0.2) is 94.7 Å². The second-order valence-corrected chi connectivity index (χ2v) is 11.9. The fraction of sp³-hybridized carbons (Fsp3) is 0.194. The maximum atomic E-state index is 14.0. The molecule has 42 heavy (non-hydrogen) atoms. The number of nitrogens with one attached hydrogen (secondary N) is 1. The summed E-state index contributed by atoms with van der Waals surface area (Å²) in [5.74, 6) is -2.97. The molecule has 3 heterocycles. The van der Waals surface area contributed by atoms with Crippen LogP contribution in [0.25, 0.3) is 0 Å². The third-order valence-corrected chi connectivity index (χ3v) is 9.81. The highest BCUT2D eigenvalue weighted by atomic mass is 32.2. The average Bonchev–Trinajstić information content (AvgIpc) is 3.44. The van der Waals surface area contributed by atoms with Crippen molar-refractivity contribution >= 4 is 58.2 Å². The zero-order chi connectivity index (χ0) is 29.4. The van der Waals surface area contributed by atoms with Gasteiger partial charge >= 0.3 is 10.8 Å². The highest BCUT2D eigenvalue weighted by Crippen LogP contribution is 2.53. The van der Waals surface area contributed by atoms with Gasteiger partial charge in [0.25, 0.3) is 0 Å². The summed E-state index contributed by atoms with van der Waals surface area (Å²) in [4.78, 5) is 67.6. The lowest BCUT2D eigenvalue weighted by molar-refractivity contribution is -0.122. The zero-order valence-electron chi connectivity index (χ0n) is 22.4. The number of thiazole rings is 1. The number of hydrogen-bond donors (Lipinski definition) is 1. The van der Waals surface area contributed by atoms with Crippen molar-refractivity contribution < 1.29 is 23.9 Å². The van der Waals surface area contributed by atoms with Crippen LogP contribution in [-0.4, -0.2) is 40.1 Å². The van der Waals surface area contributed by atoms with Gasteiger partial charge in [-0.2, -0.15) is 0 Å². The van der Waals surface area contributed by atoms with E-state index in [4.69, 9.17) is 4.74 Å². The number of imide groups is 1. The van der Waals surface area contributed by atoms with E-state index in [0.29, 0.717) is 26.8 Å². The summed E-state index contributed by atoms with van der Waals surface area (Å²) >= 11 is 2.15. The topological polar surface area (TPSA) is 115 Å². The first-order valence-corrected chi connectivity index (χ1v) is 15.0. The van der Waals surface area contributed by atoms with Crippen molar-refractivity contribution in [3.63, 3.8) is 0 Å². The normalized spacial score (nSPS) is 19.3. The van der Waals surface area contributed by atoms with Crippen molar-refractivity contribution in [2.75, 3.05) is 16.8 Å². The van der Waals surface area contributed by atoms with Crippen molar-refractivity contribution in [3.05, 3.63) is 111 Å². The minimum Gasteiger partial charge on any atom is -0.462 e. The third kappa shape index (κ3) is 4.94. The van der Waals surface area contributed by atoms with Crippen LogP contribution in [0.4, 0.5) is 11.4 Å². The van der Waals surface area contributed by atoms with Gasteiger partial charge in [-0.05, 0) is 48.9 Å². The summed E-state index contributed by atoms with van der Waals surface area (Å²) in [6.45, 7) is 1.71. The van der Waals surface area contributed by atoms with E-state index >= 15 is 0 Å². The first kappa shape index (κ1) is 27.7. The van der Waals surface area contributed by atoms with E-state index in [0.717, 1.165) is 33.6 Å². The van der Waals surface area contributed by atoms with Crippen LogP contribution in [0.2, 0.25) is 0 Å². The first-order valence-electron chi connectivity index (χ1n) is 13.3. The molecule has 3 amide bonds. The molecule has 0 spiro atoms.